The highest BCUT2D eigenvalue weighted by Crippen LogP contribution is 2.26. The Morgan fingerprint density at radius 2 is 1.73 bits per heavy atom. The molecule has 3 N–H and O–H groups in total. The molecule has 0 unspecified atom stereocenters. The van der Waals surface area contributed by atoms with Crippen LogP contribution in [-0.4, -0.2) is 22.9 Å². The summed E-state index contributed by atoms with van der Waals surface area (Å²) in [5.74, 6) is -1.44. The number of amides is 2. The second-order valence-corrected chi connectivity index (χ2v) is 4.93. The van der Waals surface area contributed by atoms with Crippen LogP contribution in [0, 0.1) is 0 Å². The number of hydrogen-bond donors (Lipinski definition) is 3. The van der Waals surface area contributed by atoms with Crippen molar-refractivity contribution in [3.05, 3.63) is 59.2 Å². The van der Waals surface area contributed by atoms with Gasteiger partial charge < -0.3 is 15.7 Å². The molecular formula is C16H12N2O4. The highest BCUT2D eigenvalue weighted by molar-refractivity contribution is 6.05. The predicted octanol–water partition coefficient (Wildman–Crippen LogP) is 2.13. The van der Waals surface area contributed by atoms with Gasteiger partial charge in [0.2, 0.25) is 5.91 Å². The highest BCUT2D eigenvalue weighted by Gasteiger charge is 2.18. The third kappa shape index (κ3) is 2.67. The second-order valence-electron chi connectivity index (χ2n) is 4.93. The maximum atomic E-state index is 12.1. The van der Waals surface area contributed by atoms with Crippen LogP contribution in [-0.2, 0) is 11.2 Å². The molecule has 6 heteroatoms. The van der Waals surface area contributed by atoms with Gasteiger partial charge in [0, 0.05) is 16.9 Å². The Balaban J connectivity index is 1.76. The number of rotatable bonds is 3. The van der Waals surface area contributed by atoms with E-state index in [1.807, 2.05) is 0 Å². The van der Waals surface area contributed by atoms with Crippen molar-refractivity contribution in [2.45, 2.75) is 6.42 Å². The van der Waals surface area contributed by atoms with E-state index in [1.165, 1.54) is 24.3 Å². The number of hydrogen-bond acceptors (Lipinski definition) is 3. The fourth-order valence-corrected chi connectivity index (χ4v) is 2.27. The van der Waals surface area contributed by atoms with Gasteiger partial charge in [-0.25, -0.2) is 4.79 Å². The summed E-state index contributed by atoms with van der Waals surface area (Å²) >= 11 is 0. The first-order valence-corrected chi connectivity index (χ1v) is 6.60. The molecule has 0 bridgehead atoms. The number of fused-ring (bicyclic) bond motifs is 1. The molecule has 2 aromatic carbocycles. The zero-order valence-electron chi connectivity index (χ0n) is 11.4. The number of benzene rings is 2. The molecule has 22 heavy (non-hydrogen) atoms. The van der Waals surface area contributed by atoms with Gasteiger partial charge in [-0.1, -0.05) is 0 Å². The molecule has 3 rings (SSSR count). The van der Waals surface area contributed by atoms with Crippen molar-refractivity contribution in [2.75, 3.05) is 10.6 Å². The van der Waals surface area contributed by atoms with E-state index in [-0.39, 0.29) is 17.4 Å². The van der Waals surface area contributed by atoms with Gasteiger partial charge in [0.25, 0.3) is 5.91 Å². The number of carbonyl (C=O) groups excluding carboxylic acids is 2. The van der Waals surface area contributed by atoms with E-state index >= 15 is 0 Å². The SMILES string of the molecule is O=C1Cc2cc(NC(=O)c3ccc(C(=O)O)cc3)ccc2N1. The zero-order valence-corrected chi connectivity index (χ0v) is 11.4. The summed E-state index contributed by atoms with van der Waals surface area (Å²) in [6.45, 7) is 0. The Morgan fingerprint density at radius 3 is 2.41 bits per heavy atom. The van der Waals surface area contributed by atoms with Gasteiger partial charge in [-0.2, -0.15) is 0 Å². The molecule has 1 heterocycles. The Bertz CT molecular complexity index is 781. The van der Waals surface area contributed by atoms with Crippen LogP contribution in [0.1, 0.15) is 26.3 Å². The summed E-state index contributed by atoms with van der Waals surface area (Å²) in [5, 5.41) is 14.3. The molecular weight excluding hydrogens is 284 g/mol. The topological polar surface area (TPSA) is 95.5 Å². The van der Waals surface area contributed by atoms with E-state index < -0.39 is 5.97 Å². The lowest BCUT2D eigenvalue weighted by atomic mass is 10.1. The summed E-state index contributed by atoms with van der Waals surface area (Å²) in [5.41, 5.74) is 2.67. The minimum Gasteiger partial charge on any atom is -0.478 e. The summed E-state index contributed by atoms with van der Waals surface area (Å²) in [6, 6.07) is 10.9. The fraction of sp³-hybridized carbons (Fsp3) is 0.0625. The number of carboxylic acid groups (broad SMARTS) is 1. The van der Waals surface area contributed by atoms with Crippen molar-refractivity contribution in [2.24, 2.45) is 0 Å². The molecule has 0 fully saturated rings. The number of carbonyl (C=O) groups is 3. The monoisotopic (exact) mass is 296 g/mol. The number of nitrogens with one attached hydrogen (secondary N) is 2. The maximum absolute atomic E-state index is 12.1. The number of anilines is 2. The molecule has 110 valence electrons. The van der Waals surface area contributed by atoms with Crippen molar-refractivity contribution in [3.63, 3.8) is 0 Å². The number of aromatic carboxylic acids is 1. The van der Waals surface area contributed by atoms with Crippen LogP contribution in [0.4, 0.5) is 11.4 Å². The van der Waals surface area contributed by atoms with Gasteiger partial charge in [-0.15, -0.1) is 0 Å². The van der Waals surface area contributed by atoms with Crippen LogP contribution in [0.25, 0.3) is 0 Å². The van der Waals surface area contributed by atoms with Crippen LogP contribution in [0.15, 0.2) is 42.5 Å². The molecule has 1 aliphatic rings. The summed E-state index contributed by atoms with van der Waals surface area (Å²) in [4.78, 5) is 34.2. The molecule has 0 radical (unpaired) electrons. The van der Waals surface area contributed by atoms with Gasteiger partial charge in [-0.05, 0) is 48.0 Å². The Kier molecular flexibility index (Phi) is 3.34. The van der Waals surface area contributed by atoms with E-state index in [9.17, 15) is 14.4 Å². The first-order chi connectivity index (χ1) is 10.5. The molecule has 0 saturated carbocycles. The first-order valence-electron chi connectivity index (χ1n) is 6.60. The van der Waals surface area contributed by atoms with E-state index in [0.29, 0.717) is 17.7 Å². The predicted molar refractivity (Wildman–Crippen MR) is 80.1 cm³/mol. The van der Waals surface area contributed by atoms with Crippen molar-refractivity contribution in [1.82, 2.24) is 0 Å². The van der Waals surface area contributed by atoms with Crippen molar-refractivity contribution in [1.29, 1.82) is 0 Å². The van der Waals surface area contributed by atoms with Crippen LogP contribution >= 0.6 is 0 Å². The second kappa shape index (κ2) is 5.33. The Morgan fingerprint density at radius 1 is 1.05 bits per heavy atom. The van der Waals surface area contributed by atoms with Crippen molar-refractivity contribution < 1.29 is 19.5 Å². The van der Waals surface area contributed by atoms with Gasteiger partial charge in [-0.3, -0.25) is 9.59 Å². The van der Waals surface area contributed by atoms with E-state index in [0.717, 1.165) is 11.3 Å². The lowest BCUT2D eigenvalue weighted by molar-refractivity contribution is -0.115. The Labute approximate surface area is 125 Å². The molecule has 0 spiro atoms. The smallest absolute Gasteiger partial charge is 0.335 e. The molecule has 0 atom stereocenters. The molecule has 1 aliphatic heterocycles. The largest absolute Gasteiger partial charge is 0.478 e. The standard InChI is InChI=1S/C16H12N2O4/c19-14-8-11-7-12(5-6-13(11)18-14)17-15(20)9-1-3-10(4-2-9)16(21)22/h1-7H,8H2,(H,17,20)(H,18,19)(H,21,22). The Hall–Kier alpha value is -3.15. The normalized spacial score (nSPS) is 12.5. The average Bonchev–Trinajstić information content (AvgIpc) is 2.86. The molecule has 2 amide bonds. The van der Waals surface area contributed by atoms with Crippen LogP contribution in [0.3, 0.4) is 0 Å². The lowest BCUT2D eigenvalue weighted by Crippen LogP contribution is -2.12. The zero-order chi connectivity index (χ0) is 15.7. The third-order valence-electron chi connectivity index (χ3n) is 3.38. The van der Waals surface area contributed by atoms with E-state index in [2.05, 4.69) is 10.6 Å². The maximum Gasteiger partial charge on any atom is 0.335 e. The lowest BCUT2D eigenvalue weighted by Gasteiger charge is -2.07. The summed E-state index contributed by atoms with van der Waals surface area (Å²) in [7, 11) is 0. The number of carboxylic acids is 1. The average molecular weight is 296 g/mol. The first kappa shape index (κ1) is 13.8. The summed E-state index contributed by atoms with van der Waals surface area (Å²) < 4.78 is 0. The molecule has 2 aromatic rings. The third-order valence-corrected chi connectivity index (χ3v) is 3.38. The van der Waals surface area contributed by atoms with Gasteiger partial charge in [0.05, 0.1) is 12.0 Å². The van der Waals surface area contributed by atoms with Crippen LogP contribution in [0.5, 0.6) is 0 Å². The fourth-order valence-electron chi connectivity index (χ4n) is 2.27. The van der Waals surface area contributed by atoms with Gasteiger partial charge >= 0.3 is 5.97 Å². The molecule has 6 nitrogen and oxygen atoms in total. The van der Waals surface area contributed by atoms with Gasteiger partial charge in [0.15, 0.2) is 0 Å². The quantitative estimate of drug-likeness (QED) is 0.808. The molecule has 0 aliphatic carbocycles. The van der Waals surface area contributed by atoms with E-state index in [1.54, 1.807) is 18.2 Å². The molecule has 0 saturated heterocycles. The highest BCUT2D eigenvalue weighted by atomic mass is 16.4. The van der Waals surface area contributed by atoms with Crippen molar-refractivity contribution in [3.8, 4) is 0 Å². The minimum atomic E-state index is -1.04. The van der Waals surface area contributed by atoms with E-state index in [4.69, 9.17) is 5.11 Å². The van der Waals surface area contributed by atoms with Gasteiger partial charge in [0.1, 0.15) is 0 Å². The van der Waals surface area contributed by atoms with Crippen LogP contribution < -0.4 is 10.6 Å². The van der Waals surface area contributed by atoms with Crippen molar-refractivity contribution >= 4 is 29.2 Å². The summed E-state index contributed by atoms with van der Waals surface area (Å²) in [6.07, 6.45) is 0.298. The molecule has 0 aromatic heterocycles. The minimum absolute atomic E-state index is 0.0669. The van der Waals surface area contributed by atoms with Crippen LogP contribution in [0.2, 0.25) is 0 Å².